The van der Waals surface area contributed by atoms with Crippen molar-refractivity contribution in [2.45, 2.75) is 13.8 Å². The van der Waals surface area contributed by atoms with Gasteiger partial charge in [0, 0.05) is 5.56 Å². The highest BCUT2D eigenvalue weighted by Crippen LogP contribution is 2.17. The fraction of sp³-hybridized carbons (Fsp3) is 0.400. The Labute approximate surface area is 123 Å². The van der Waals surface area contributed by atoms with Crippen molar-refractivity contribution in [3.8, 4) is 5.75 Å². The average molecular weight is 294 g/mol. The Bertz CT molecular complexity index is 487. The number of hydrogen-bond donors (Lipinski definition) is 0. The van der Waals surface area contributed by atoms with Crippen LogP contribution in [0.5, 0.6) is 5.75 Å². The summed E-state index contributed by atoms with van der Waals surface area (Å²) in [6.07, 6.45) is 0. The minimum atomic E-state index is -1.60. The van der Waals surface area contributed by atoms with E-state index in [1.54, 1.807) is 26.0 Å². The topological polar surface area (TPSA) is 78.9 Å². The van der Waals surface area contributed by atoms with Gasteiger partial charge in [0.05, 0.1) is 20.3 Å². The average Bonchev–Trinajstić information content (AvgIpc) is 2.48. The van der Waals surface area contributed by atoms with E-state index in [0.29, 0.717) is 5.75 Å². The Kier molecular flexibility index (Phi) is 6.39. The third-order valence-electron chi connectivity index (χ3n) is 2.68. The van der Waals surface area contributed by atoms with Gasteiger partial charge < -0.3 is 14.2 Å². The van der Waals surface area contributed by atoms with Crippen molar-refractivity contribution in [3.63, 3.8) is 0 Å². The van der Waals surface area contributed by atoms with Crippen LogP contribution in [0.1, 0.15) is 24.2 Å². The van der Waals surface area contributed by atoms with Gasteiger partial charge in [-0.1, -0.05) is 0 Å². The monoisotopic (exact) mass is 294 g/mol. The summed E-state index contributed by atoms with van der Waals surface area (Å²) in [6.45, 7) is 3.34. The molecule has 0 aliphatic carbocycles. The van der Waals surface area contributed by atoms with Gasteiger partial charge in [-0.05, 0) is 38.1 Å². The summed E-state index contributed by atoms with van der Waals surface area (Å²) in [5, 5.41) is 0. The van der Waals surface area contributed by atoms with E-state index in [0.717, 1.165) is 0 Å². The number of carbonyl (C=O) groups is 3. The second-order valence-electron chi connectivity index (χ2n) is 4.03. The maximum atomic E-state index is 12.3. The molecular formula is C15H18O6. The number of Topliss-reactive ketones (excluding diaryl/α,β-unsaturated/α-hetero) is 1. The smallest absolute Gasteiger partial charge is 0.328 e. The number of rotatable bonds is 7. The lowest BCUT2D eigenvalue weighted by molar-refractivity contribution is -0.158. The number of ketones is 1. The molecule has 0 N–H and O–H groups in total. The molecule has 0 aliphatic rings. The second kappa shape index (κ2) is 8.04. The number of benzene rings is 1. The molecule has 0 aromatic heterocycles. The Balaban J connectivity index is 3.02. The van der Waals surface area contributed by atoms with Gasteiger partial charge in [0.15, 0.2) is 5.78 Å². The molecule has 0 saturated heterocycles. The molecule has 0 aliphatic heterocycles. The highest BCUT2D eigenvalue weighted by atomic mass is 16.6. The summed E-state index contributed by atoms with van der Waals surface area (Å²) >= 11 is 0. The number of methoxy groups -OCH3 is 1. The molecule has 6 nitrogen and oxygen atoms in total. The summed E-state index contributed by atoms with van der Waals surface area (Å²) in [6, 6.07) is 6.10. The van der Waals surface area contributed by atoms with Crippen LogP contribution in [0.3, 0.4) is 0 Å². The third-order valence-corrected chi connectivity index (χ3v) is 2.68. The van der Waals surface area contributed by atoms with Crippen LogP contribution in [0.25, 0.3) is 0 Å². The Morgan fingerprint density at radius 1 is 0.952 bits per heavy atom. The SMILES string of the molecule is CCOC(=O)C(C(=O)OCC)C(=O)c1ccc(OC)cc1. The molecule has 0 spiro atoms. The normalized spacial score (nSPS) is 10.1. The number of ether oxygens (including phenoxy) is 3. The summed E-state index contributed by atoms with van der Waals surface area (Å²) in [5.41, 5.74) is 0.210. The first kappa shape index (κ1) is 16.7. The molecule has 1 aromatic carbocycles. The molecule has 0 amide bonds. The Morgan fingerprint density at radius 2 is 1.43 bits per heavy atom. The van der Waals surface area contributed by atoms with E-state index < -0.39 is 23.6 Å². The molecule has 1 aromatic rings. The van der Waals surface area contributed by atoms with Crippen molar-refractivity contribution in [2.75, 3.05) is 20.3 Å². The predicted molar refractivity (Wildman–Crippen MR) is 74.1 cm³/mol. The molecule has 0 radical (unpaired) electrons. The third kappa shape index (κ3) is 4.30. The lowest BCUT2D eigenvalue weighted by Crippen LogP contribution is -2.35. The fourth-order valence-corrected chi connectivity index (χ4v) is 1.68. The maximum Gasteiger partial charge on any atom is 0.328 e. The molecule has 0 saturated carbocycles. The molecule has 0 bridgehead atoms. The molecular weight excluding hydrogens is 276 g/mol. The lowest BCUT2D eigenvalue weighted by atomic mass is 9.97. The van der Waals surface area contributed by atoms with Gasteiger partial charge in [-0.15, -0.1) is 0 Å². The molecule has 0 fully saturated rings. The van der Waals surface area contributed by atoms with Crippen LogP contribution in [0.4, 0.5) is 0 Å². The summed E-state index contributed by atoms with van der Waals surface area (Å²) < 4.78 is 14.5. The largest absolute Gasteiger partial charge is 0.497 e. The van der Waals surface area contributed by atoms with E-state index in [9.17, 15) is 14.4 Å². The predicted octanol–water partition coefficient (Wildman–Crippen LogP) is 1.62. The Morgan fingerprint density at radius 3 is 1.81 bits per heavy atom. The minimum Gasteiger partial charge on any atom is -0.497 e. The van der Waals surface area contributed by atoms with Crippen LogP contribution in [-0.2, 0) is 19.1 Å². The molecule has 6 heteroatoms. The van der Waals surface area contributed by atoms with E-state index in [-0.39, 0.29) is 18.8 Å². The molecule has 0 heterocycles. The van der Waals surface area contributed by atoms with Crippen molar-refractivity contribution in [2.24, 2.45) is 5.92 Å². The zero-order valence-corrected chi connectivity index (χ0v) is 12.3. The summed E-state index contributed by atoms with van der Waals surface area (Å²) in [7, 11) is 1.50. The Hall–Kier alpha value is -2.37. The highest BCUT2D eigenvalue weighted by Gasteiger charge is 2.37. The number of carbonyl (C=O) groups excluding carboxylic acids is 3. The van der Waals surface area contributed by atoms with Crippen LogP contribution in [0.15, 0.2) is 24.3 Å². The van der Waals surface area contributed by atoms with Crippen LogP contribution < -0.4 is 4.74 Å². The van der Waals surface area contributed by atoms with Gasteiger partial charge in [-0.2, -0.15) is 0 Å². The maximum absolute atomic E-state index is 12.3. The van der Waals surface area contributed by atoms with E-state index in [2.05, 4.69) is 0 Å². The van der Waals surface area contributed by atoms with Gasteiger partial charge in [0.1, 0.15) is 5.75 Å². The first-order valence-corrected chi connectivity index (χ1v) is 6.56. The first-order chi connectivity index (χ1) is 10.0. The minimum absolute atomic E-state index is 0.0740. The molecule has 21 heavy (non-hydrogen) atoms. The van der Waals surface area contributed by atoms with Gasteiger partial charge in [0.25, 0.3) is 0 Å². The van der Waals surface area contributed by atoms with Gasteiger partial charge in [-0.25, -0.2) is 0 Å². The highest BCUT2D eigenvalue weighted by molar-refractivity contribution is 6.20. The van der Waals surface area contributed by atoms with Gasteiger partial charge in [0.2, 0.25) is 5.92 Å². The molecule has 1 rings (SSSR count). The van der Waals surface area contributed by atoms with Crippen molar-refractivity contribution in [1.82, 2.24) is 0 Å². The standard InChI is InChI=1S/C15H18O6/c1-4-20-14(17)12(15(18)21-5-2)13(16)10-6-8-11(19-3)9-7-10/h6-9,12H,4-5H2,1-3H3. The first-order valence-electron chi connectivity index (χ1n) is 6.56. The summed E-state index contributed by atoms with van der Waals surface area (Å²) in [5.74, 6) is -3.50. The number of esters is 2. The zero-order valence-electron chi connectivity index (χ0n) is 12.3. The van der Waals surface area contributed by atoms with Crippen molar-refractivity contribution < 1.29 is 28.6 Å². The van der Waals surface area contributed by atoms with Gasteiger partial charge in [-0.3, -0.25) is 14.4 Å². The van der Waals surface area contributed by atoms with E-state index in [4.69, 9.17) is 14.2 Å². The van der Waals surface area contributed by atoms with Crippen LogP contribution in [0.2, 0.25) is 0 Å². The van der Waals surface area contributed by atoms with E-state index in [1.807, 2.05) is 0 Å². The van der Waals surface area contributed by atoms with Crippen molar-refractivity contribution in [3.05, 3.63) is 29.8 Å². The van der Waals surface area contributed by atoms with Crippen LogP contribution >= 0.6 is 0 Å². The molecule has 0 atom stereocenters. The zero-order chi connectivity index (χ0) is 15.8. The number of hydrogen-bond acceptors (Lipinski definition) is 6. The quantitative estimate of drug-likeness (QED) is 0.432. The lowest BCUT2D eigenvalue weighted by Gasteiger charge is -2.13. The summed E-state index contributed by atoms with van der Waals surface area (Å²) in [4.78, 5) is 36.0. The van der Waals surface area contributed by atoms with E-state index >= 15 is 0 Å². The fourth-order valence-electron chi connectivity index (χ4n) is 1.68. The van der Waals surface area contributed by atoms with E-state index in [1.165, 1.54) is 19.2 Å². The second-order valence-corrected chi connectivity index (χ2v) is 4.03. The molecule has 114 valence electrons. The van der Waals surface area contributed by atoms with Crippen LogP contribution in [0, 0.1) is 5.92 Å². The molecule has 0 unspecified atom stereocenters. The van der Waals surface area contributed by atoms with Crippen LogP contribution in [-0.4, -0.2) is 38.0 Å². The van der Waals surface area contributed by atoms with Gasteiger partial charge >= 0.3 is 11.9 Å². The van der Waals surface area contributed by atoms with Crippen molar-refractivity contribution in [1.29, 1.82) is 0 Å². The van der Waals surface area contributed by atoms with Crippen molar-refractivity contribution >= 4 is 17.7 Å².